The van der Waals surface area contributed by atoms with Crippen molar-refractivity contribution in [1.82, 2.24) is 15.1 Å². The Morgan fingerprint density at radius 2 is 2.11 bits per heavy atom. The average Bonchev–Trinajstić information content (AvgIpc) is 2.35. The van der Waals surface area contributed by atoms with Gasteiger partial charge in [0, 0.05) is 38.6 Å². The van der Waals surface area contributed by atoms with E-state index in [1.54, 1.807) is 0 Å². The van der Waals surface area contributed by atoms with Gasteiger partial charge in [-0.2, -0.15) is 0 Å². The zero-order chi connectivity index (χ0) is 14.3. The number of carbonyl (C=O) groups is 1. The van der Waals surface area contributed by atoms with E-state index >= 15 is 0 Å². The molecule has 0 aliphatic carbocycles. The van der Waals surface area contributed by atoms with Gasteiger partial charge in [0.1, 0.15) is 0 Å². The Kier molecular flexibility index (Phi) is 7.34. The maximum atomic E-state index is 12.4. The Labute approximate surface area is 117 Å². The molecule has 112 valence electrons. The van der Waals surface area contributed by atoms with Crippen LogP contribution >= 0.6 is 0 Å². The number of nitrogens with zero attached hydrogens (tertiary/aromatic N) is 2. The van der Waals surface area contributed by atoms with Crippen molar-refractivity contribution in [3.05, 3.63) is 0 Å². The molecule has 1 saturated heterocycles. The van der Waals surface area contributed by atoms with Crippen LogP contribution in [0.2, 0.25) is 0 Å². The van der Waals surface area contributed by atoms with Crippen LogP contribution in [0.25, 0.3) is 0 Å². The second-order valence-electron chi connectivity index (χ2n) is 5.97. The first-order valence-electron chi connectivity index (χ1n) is 7.22. The number of rotatable bonds is 7. The minimum Gasteiger partial charge on any atom is -0.378 e. The fourth-order valence-electron chi connectivity index (χ4n) is 2.17. The molecule has 5 heteroatoms. The quantitative estimate of drug-likeness (QED) is 0.728. The first-order valence-corrected chi connectivity index (χ1v) is 7.22. The largest absolute Gasteiger partial charge is 0.378 e. The molecule has 1 unspecified atom stereocenters. The molecule has 0 aromatic carbocycles. The summed E-state index contributed by atoms with van der Waals surface area (Å²) >= 11 is 0. The monoisotopic (exact) mass is 271 g/mol. The van der Waals surface area contributed by atoms with Gasteiger partial charge in [0.15, 0.2) is 0 Å². The highest BCUT2D eigenvalue weighted by atomic mass is 16.5. The number of amides is 1. The minimum absolute atomic E-state index is 0.176. The molecule has 0 radical (unpaired) electrons. The van der Waals surface area contributed by atoms with Crippen LogP contribution in [-0.4, -0.2) is 75.2 Å². The maximum Gasteiger partial charge on any atom is 0.224 e. The minimum atomic E-state index is 0.176. The van der Waals surface area contributed by atoms with Crippen molar-refractivity contribution in [1.29, 1.82) is 0 Å². The van der Waals surface area contributed by atoms with E-state index in [-0.39, 0.29) is 11.9 Å². The van der Waals surface area contributed by atoms with Gasteiger partial charge in [-0.15, -0.1) is 0 Å². The van der Waals surface area contributed by atoms with Crippen LogP contribution in [0, 0.1) is 5.92 Å². The van der Waals surface area contributed by atoms with E-state index < -0.39 is 0 Å². The van der Waals surface area contributed by atoms with E-state index in [1.807, 2.05) is 19.0 Å². The molecule has 0 bridgehead atoms. The highest BCUT2D eigenvalue weighted by Crippen LogP contribution is 2.06. The molecule has 1 fully saturated rings. The predicted molar refractivity (Wildman–Crippen MR) is 77.2 cm³/mol. The molecular weight excluding hydrogens is 242 g/mol. The van der Waals surface area contributed by atoms with E-state index in [0.717, 1.165) is 32.8 Å². The number of ether oxygens (including phenoxy) is 1. The summed E-state index contributed by atoms with van der Waals surface area (Å²) in [6, 6.07) is 0.176. The van der Waals surface area contributed by atoms with Crippen molar-refractivity contribution in [3.8, 4) is 0 Å². The summed E-state index contributed by atoms with van der Waals surface area (Å²) in [5.74, 6) is 0.736. The van der Waals surface area contributed by atoms with Gasteiger partial charge < -0.3 is 19.9 Å². The third kappa shape index (κ3) is 6.89. The van der Waals surface area contributed by atoms with Crippen LogP contribution in [0.3, 0.4) is 0 Å². The van der Waals surface area contributed by atoms with E-state index in [2.05, 4.69) is 24.1 Å². The Morgan fingerprint density at radius 3 is 2.63 bits per heavy atom. The summed E-state index contributed by atoms with van der Waals surface area (Å²) in [5, 5.41) is 3.34. The van der Waals surface area contributed by atoms with Crippen LogP contribution < -0.4 is 5.32 Å². The fraction of sp³-hybridized carbons (Fsp3) is 0.929. The SMILES string of the molecule is CC(C)CN(CCN(C)C)C(=O)CC1COCCN1. The number of carbonyl (C=O) groups excluding carboxylic acids is 1. The third-order valence-electron chi connectivity index (χ3n) is 3.17. The average molecular weight is 271 g/mol. The van der Waals surface area contributed by atoms with Gasteiger partial charge in [-0.3, -0.25) is 4.79 Å². The molecule has 0 spiro atoms. The van der Waals surface area contributed by atoms with Gasteiger partial charge in [0.2, 0.25) is 5.91 Å². The number of morpholine rings is 1. The first-order chi connectivity index (χ1) is 8.99. The lowest BCUT2D eigenvalue weighted by molar-refractivity contribution is -0.133. The lowest BCUT2D eigenvalue weighted by atomic mass is 10.1. The molecule has 1 N–H and O–H groups in total. The van der Waals surface area contributed by atoms with Gasteiger partial charge in [-0.25, -0.2) is 0 Å². The zero-order valence-electron chi connectivity index (χ0n) is 12.8. The smallest absolute Gasteiger partial charge is 0.224 e. The summed E-state index contributed by atoms with van der Waals surface area (Å²) in [5.41, 5.74) is 0. The third-order valence-corrected chi connectivity index (χ3v) is 3.17. The topological polar surface area (TPSA) is 44.8 Å². The van der Waals surface area contributed by atoms with E-state index in [0.29, 0.717) is 18.9 Å². The summed E-state index contributed by atoms with van der Waals surface area (Å²) in [7, 11) is 4.07. The molecular formula is C14H29N3O2. The van der Waals surface area contributed by atoms with Crippen LogP contribution in [0.1, 0.15) is 20.3 Å². The lowest BCUT2D eigenvalue weighted by Crippen LogP contribution is -2.46. The molecule has 1 atom stereocenters. The van der Waals surface area contributed by atoms with Crippen LogP contribution in [0.4, 0.5) is 0 Å². The molecule has 19 heavy (non-hydrogen) atoms. The molecule has 1 aliphatic rings. The highest BCUT2D eigenvalue weighted by molar-refractivity contribution is 5.76. The standard InChI is InChI=1S/C14H29N3O2/c1-12(2)10-17(7-6-16(3)4)14(18)9-13-11-19-8-5-15-13/h12-13,15H,5-11H2,1-4H3. The number of nitrogens with one attached hydrogen (secondary N) is 1. The number of hydrogen-bond acceptors (Lipinski definition) is 4. The molecule has 0 saturated carbocycles. The molecule has 1 amide bonds. The van der Waals surface area contributed by atoms with Gasteiger partial charge in [-0.05, 0) is 20.0 Å². The second kappa shape index (κ2) is 8.51. The van der Waals surface area contributed by atoms with Gasteiger partial charge in [-0.1, -0.05) is 13.8 Å². The van der Waals surface area contributed by atoms with Crippen LogP contribution in [0.15, 0.2) is 0 Å². The summed E-state index contributed by atoms with van der Waals surface area (Å²) in [6.07, 6.45) is 0.542. The molecule has 1 heterocycles. The normalized spacial score (nSPS) is 20.0. The Bertz CT molecular complexity index is 263. The van der Waals surface area contributed by atoms with Gasteiger partial charge >= 0.3 is 0 Å². The van der Waals surface area contributed by atoms with E-state index in [1.165, 1.54) is 0 Å². The van der Waals surface area contributed by atoms with Gasteiger partial charge in [0.05, 0.1) is 13.2 Å². The first kappa shape index (κ1) is 16.4. The van der Waals surface area contributed by atoms with Crippen molar-refractivity contribution in [2.24, 2.45) is 5.92 Å². The van der Waals surface area contributed by atoms with Crippen molar-refractivity contribution in [2.45, 2.75) is 26.3 Å². The Hall–Kier alpha value is -0.650. The second-order valence-corrected chi connectivity index (χ2v) is 5.97. The van der Waals surface area contributed by atoms with Gasteiger partial charge in [0.25, 0.3) is 0 Å². The van der Waals surface area contributed by atoms with Crippen molar-refractivity contribution < 1.29 is 9.53 Å². The van der Waals surface area contributed by atoms with Crippen LogP contribution in [-0.2, 0) is 9.53 Å². The molecule has 5 nitrogen and oxygen atoms in total. The van der Waals surface area contributed by atoms with E-state index in [9.17, 15) is 4.79 Å². The predicted octanol–water partition coefficient (Wildman–Crippen LogP) is 0.411. The summed E-state index contributed by atoms with van der Waals surface area (Å²) in [6.45, 7) is 9.09. The Morgan fingerprint density at radius 1 is 1.37 bits per heavy atom. The van der Waals surface area contributed by atoms with E-state index in [4.69, 9.17) is 4.74 Å². The molecule has 0 aromatic rings. The number of hydrogen-bond donors (Lipinski definition) is 1. The van der Waals surface area contributed by atoms with Crippen LogP contribution in [0.5, 0.6) is 0 Å². The molecule has 1 rings (SSSR count). The molecule has 1 aliphatic heterocycles. The lowest BCUT2D eigenvalue weighted by Gasteiger charge is -2.29. The molecule has 0 aromatic heterocycles. The van der Waals surface area contributed by atoms with Crippen molar-refractivity contribution in [3.63, 3.8) is 0 Å². The summed E-state index contributed by atoms with van der Waals surface area (Å²) in [4.78, 5) is 16.5. The highest BCUT2D eigenvalue weighted by Gasteiger charge is 2.21. The zero-order valence-corrected chi connectivity index (χ0v) is 12.8. The number of likely N-dealkylation sites (N-methyl/N-ethyl adjacent to an activating group) is 1. The maximum absolute atomic E-state index is 12.4. The van der Waals surface area contributed by atoms with Crippen molar-refractivity contribution >= 4 is 5.91 Å². The Balaban J connectivity index is 2.44. The summed E-state index contributed by atoms with van der Waals surface area (Å²) < 4.78 is 5.40. The van der Waals surface area contributed by atoms with Crippen molar-refractivity contribution in [2.75, 3.05) is 53.5 Å². The fourth-order valence-corrected chi connectivity index (χ4v) is 2.17.